The van der Waals surface area contributed by atoms with Crippen LogP contribution in [0.2, 0.25) is 0 Å². The Morgan fingerprint density at radius 2 is 2.08 bits per heavy atom. The first kappa shape index (κ1) is 16.1. The van der Waals surface area contributed by atoms with Crippen molar-refractivity contribution in [3.63, 3.8) is 0 Å². The third kappa shape index (κ3) is 3.77. The van der Waals surface area contributed by atoms with Gasteiger partial charge in [0.05, 0.1) is 10.6 Å². The zero-order valence-corrected chi connectivity index (χ0v) is 14.3. The van der Waals surface area contributed by atoms with Crippen LogP contribution in [0.25, 0.3) is 5.82 Å². The fourth-order valence-electron chi connectivity index (χ4n) is 2.25. The maximum atomic E-state index is 11.8. The lowest BCUT2D eigenvalue weighted by Gasteiger charge is -2.07. The van der Waals surface area contributed by atoms with E-state index in [1.54, 1.807) is 10.7 Å². The average molecular weight is 342 g/mol. The number of hydrogen-bond acceptors (Lipinski definition) is 6. The van der Waals surface area contributed by atoms with Crippen LogP contribution in [0, 0.1) is 13.8 Å². The fourth-order valence-corrected chi connectivity index (χ4v) is 2.89. The maximum absolute atomic E-state index is 11.8. The molecule has 0 bridgehead atoms. The van der Waals surface area contributed by atoms with Crippen LogP contribution in [0.3, 0.4) is 0 Å². The van der Waals surface area contributed by atoms with Crippen LogP contribution in [0.4, 0.5) is 5.82 Å². The monoisotopic (exact) mass is 342 g/mol. The first-order chi connectivity index (χ1) is 11.6. The van der Waals surface area contributed by atoms with E-state index in [0.29, 0.717) is 29.6 Å². The molecule has 0 unspecified atom stereocenters. The van der Waals surface area contributed by atoms with E-state index in [2.05, 4.69) is 25.9 Å². The lowest BCUT2D eigenvalue weighted by atomic mass is 10.4. The molecule has 0 aliphatic heterocycles. The Bertz CT molecular complexity index is 810. The Morgan fingerprint density at radius 3 is 2.71 bits per heavy atom. The van der Waals surface area contributed by atoms with E-state index in [9.17, 15) is 4.79 Å². The van der Waals surface area contributed by atoms with Gasteiger partial charge in [0.2, 0.25) is 0 Å². The van der Waals surface area contributed by atoms with Gasteiger partial charge in [-0.2, -0.15) is 5.10 Å². The number of carbonyl (C=O) groups excluding carboxylic acids is 1. The molecule has 0 aliphatic carbocycles. The second-order valence-corrected chi connectivity index (χ2v) is 6.22. The van der Waals surface area contributed by atoms with Crippen LogP contribution >= 0.6 is 11.3 Å². The van der Waals surface area contributed by atoms with E-state index >= 15 is 0 Å². The van der Waals surface area contributed by atoms with Gasteiger partial charge in [-0.1, -0.05) is 6.07 Å². The summed E-state index contributed by atoms with van der Waals surface area (Å²) < 4.78 is 1.76. The number of amides is 1. The van der Waals surface area contributed by atoms with Gasteiger partial charge in [0.15, 0.2) is 5.82 Å². The third-order valence-electron chi connectivity index (χ3n) is 3.34. The minimum atomic E-state index is -0.0576. The van der Waals surface area contributed by atoms with Crippen molar-refractivity contribution in [2.45, 2.75) is 13.8 Å². The van der Waals surface area contributed by atoms with Gasteiger partial charge in [0.1, 0.15) is 5.82 Å². The second-order valence-electron chi connectivity index (χ2n) is 5.28. The summed E-state index contributed by atoms with van der Waals surface area (Å²) >= 11 is 1.42. The number of thiophene rings is 1. The van der Waals surface area contributed by atoms with Crippen molar-refractivity contribution in [2.75, 3.05) is 18.4 Å². The van der Waals surface area contributed by atoms with E-state index in [-0.39, 0.29) is 5.91 Å². The van der Waals surface area contributed by atoms with Crippen molar-refractivity contribution in [1.29, 1.82) is 0 Å². The molecule has 124 valence electrons. The minimum absolute atomic E-state index is 0.0576. The smallest absolute Gasteiger partial charge is 0.261 e. The van der Waals surface area contributed by atoms with Gasteiger partial charge < -0.3 is 10.6 Å². The summed E-state index contributed by atoms with van der Waals surface area (Å²) in [5.41, 5.74) is 1.96. The van der Waals surface area contributed by atoms with Crippen LogP contribution in [0.15, 0.2) is 35.7 Å². The molecule has 1 amide bonds. The topological polar surface area (TPSA) is 84.7 Å². The largest absolute Gasteiger partial charge is 0.367 e. The number of nitrogens with zero attached hydrogens (tertiary/aromatic N) is 4. The number of aryl methyl sites for hydroxylation is 2. The predicted octanol–water partition coefficient (Wildman–Crippen LogP) is 2.18. The fraction of sp³-hybridized carbons (Fsp3) is 0.250. The Hall–Kier alpha value is -2.74. The second kappa shape index (κ2) is 7.22. The quantitative estimate of drug-likeness (QED) is 0.671. The first-order valence-corrected chi connectivity index (χ1v) is 8.44. The molecule has 0 saturated carbocycles. The number of anilines is 1. The maximum Gasteiger partial charge on any atom is 0.261 e. The molecule has 0 fully saturated rings. The van der Waals surface area contributed by atoms with Gasteiger partial charge in [-0.3, -0.25) is 4.79 Å². The lowest BCUT2D eigenvalue weighted by molar-refractivity contribution is 0.0959. The van der Waals surface area contributed by atoms with Crippen molar-refractivity contribution in [1.82, 2.24) is 25.3 Å². The van der Waals surface area contributed by atoms with E-state index in [0.717, 1.165) is 11.4 Å². The zero-order chi connectivity index (χ0) is 16.9. The highest BCUT2D eigenvalue weighted by Gasteiger charge is 2.07. The number of hydrogen-bond donors (Lipinski definition) is 2. The van der Waals surface area contributed by atoms with Crippen LogP contribution in [-0.4, -0.2) is 39.0 Å². The molecule has 24 heavy (non-hydrogen) atoms. The molecule has 3 aromatic rings. The molecule has 0 atom stereocenters. The third-order valence-corrected chi connectivity index (χ3v) is 4.21. The highest BCUT2D eigenvalue weighted by atomic mass is 32.1. The zero-order valence-electron chi connectivity index (χ0n) is 13.5. The molecule has 3 aromatic heterocycles. The molecule has 8 heteroatoms. The molecule has 0 saturated heterocycles. The number of carbonyl (C=O) groups is 1. The van der Waals surface area contributed by atoms with Gasteiger partial charge in [0.25, 0.3) is 5.91 Å². The van der Waals surface area contributed by atoms with E-state index in [1.165, 1.54) is 11.3 Å². The van der Waals surface area contributed by atoms with E-state index < -0.39 is 0 Å². The molecule has 2 N–H and O–H groups in total. The molecule has 0 aliphatic rings. The highest BCUT2D eigenvalue weighted by Crippen LogP contribution is 2.10. The predicted molar refractivity (Wildman–Crippen MR) is 93.8 cm³/mol. The summed E-state index contributed by atoms with van der Waals surface area (Å²) in [5, 5.41) is 20.6. The molecule has 0 aromatic carbocycles. The van der Waals surface area contributed by atoms with E-state index in [1.807, 2.05) is 43.5 Å². The van der Waals surface area contributed by atoms with Gasteiger partial charge in [-0.25, -0.2) is 4.68 Å². The van der Waals surface area contributed by atoms with Crippen LogP contribution in [-0.2, 0) is 0 Å². The van der Waals surface area contributed by atoms with Crippen LogP contribution < -0.4 is 10.6 Å². The molecular formula is C16H18N6OS. The van der Waals surface area contributed by atoms with Crippen molar-refractivity contribution >= 4 is 23.1 Å². The number of nitrogens with one attached hydrogen (secondary N) is 2. The Labute approximate surface area is 143 Å². The van der Waals surface area contributed by atoms with Gasteiger partial charge in [-0.05, 0) is 43.5 Å². The summed E-state index contributed by atoms with van der Waals surface area (Å²) in [6.07, 6.45) is 0. The summed E-state index contributed by atoms with van der Waals surface area (Å²) in [5.74, 6) is 1.28. The SMILES string of the molecule is Cc1cc(C)n(-c2ccc(NCCNC(=O)c3cccs3)nn2)n1. The summed E-state index contributed by atoms with van der Waals surface area (Å²) in [7, 11) is 0. The van der Waals surface area contributed by atoms with Crippen LogP contribution in [0.5, 0.6) is 0 Å². The number of rotatable bonds is 6. The Morgan fingerprint density at radius 1 is 1.21 bits per heavy atom. The van der Waals surface area contributed by atoms with Crippen LogP contribution in [0.1, 0.15) is 21.1 Å². The molecule has 0 radical (unpaired) electrons. The van der Waals surface area contributed by atoms with Crippen molar-refractivity contribution in [3.05, 3.63) is 52.0 Å². The van der Waals surface area contributed by atoms with Crippen molar-refractivity contribution in [2.24, 2.45) is 0 Å². The van der Waals surface area contributed by atoms with Crippen molar-refractivity contribution in [3.8, 4) is 5.82 Å². The molecule has 3 rings (SSSR count). The Balaban J connectivity index is 1.50. The molecule has 0 spiro atoms. The summed E-state index contributed by atoms with van der Waals surface area (Å²) in [6, 6.07) is 9.36. The Kier molecular flexibility index (Phi) is 4.85. The van der Waals surface area contributed by atoms with Crippen molar-refractivity contribution < 1.29 is 4.79 Å². The molecule has 3 heterocycles. The molecular weight excluding hydrogens is 324 g/mol. The summed E-state index contributed by atoms with van der Waals surface area (Å²) in [4.78, 5) is 12.5. The standard InChI is InChI=1S/C16H18N6OS/c1-11-10-12(2)22(21-11)15-6-5-14(19-20-15)17-7-8-18-16(23)13-4-3-9-24-13/h3-6,9-10H,7-8H2,1-2H3,(H,17,19)(H,18,23). The van der Waals surface area contributed by atoms with E-state index in [4.69, 9.17) is 0 Å². The first-order valence-electron chi connectivity index (χ1n) is 7.56. The van der Waals surface area contributed by atoms with Gasteiger partial charge >= 0.3 is 0 Å². The minimum Gasteiger partial charge on any atom is -0.367 e. The lowest BCUT2D eigenvalue weighted by Crippen LogP contribution is -2.28. The normalized spacial score (nSPS) is 10.6. The van der Waals surface area contributed by atoms with Gasteiger partial charge in [0, 0.05) is 18.8 Å². The molecule has 7 nitrogen and oxygen atoms in total. The average Bonchev–Trinajstić information content (AvgIpc) is 3.22. The number of aromatic nitrogens is 4. The summed E-state index contributed by atoms with van der Waals surface area (Å²) in [6.45, 7) is 5.00. The highest BCUT2D eigenvalue weighted by molar-refractivity contribution is 7.12. The van der Waals surface area contributed by atoms with Gasteiger partial charge in [-0.15, -0.1) is 21.5 Å².